The number of carbonyl (C=O) groups excluding carboxylic acids is 1. The van der Waals surface area contributed by atoms with E-state index in [0.29, 0.717) is 44.1 Å². The van der Waals surface area contributed by atoms with E-state index in [4.69, 9.17) is 9.47 Å². The molecule has 228 valence electrons. The molecule has 1 aromatic carbocycles. The lowest BCUT2D eigenvalue weighted by atomic mass is 9.72. The number of nitriles is 1. The second-order valence-corrected chi connectivity index (χ2v) is 14.3. The molecule has 4 fully saturated rings. The molecule has 1 aliphatic carbocycles. The Kier molecular flexibility index (Phi) is 9.15. The quantitative estimate of drug-likeness (QED) is 0.463. The average Bonchev–Trinajstić information content (AvgIpc) is 3.43. The van der Waals surface area contributed by atoms with Gasteiger partial charge in [0.25, 0.3) is 0 Å². The summed E-state index contributed by atoms with van der Waals surface area (Å²) in [6, 6.07) is 9.54. The standard InChI is InChI=1S/C32H46N6O3S/c1-4-29(39)38-15-14-37(19-24(38)10-12-33)30-27-9-11-32(17-22-7-8-26(40-3)16-23(22)21-42-32)18-28(27)34-31(35-30)41-20-25-6-5-13-36(25)2/h4,7-8,16,24-25,27-28,30-31,34-35H,1,5-6,9-11,13-15,17-21H2,2-3H3/t24?,25?,27?,28?,30?,31?,32-/m0/s1. The fraction of sp³-hybridized carbons (Fsp3) is 0.688. The van der Waals surface area contributed by atoms with Crippen molar-refractivity contribution in [1.29, 1.82) is 5.26 Å². The van der Waals surface area contributed by atoms with E-state index in [-0.39, 0.29) is 29.2 Å². The molecule has 1 spiro atoms. The summed E-state index contributed by atoms with van der Waals surface area (Å²) in [5.41, 5.74) is 2.86. The van der Waals surface area contributed by atoms with Gasteiger partial charge in [-0.25, -0.2) is 0 Å². The molecule has 9 nitrogen and oxygen atoms in total. The third kappa shape index (κ3) is 6.10. The maximum atomic E-state index is 12.6. The zero-order valence-corrected chi connectivity index (χ0v) is 25.9. The van der Waals surface area contributed by atoms with Crippen LogP contribution in [-0.2, 0) is 21.7 Å². The number of thioether (sulfide) groups is 1. The molecule has 42 heavy (non-hydrogen) atoms. The Bertz CT molecular complexity index is 1190. The zero-order chi connectivity index (χ0) is 29.3. The molecule has 0 radical (unpaired) electrons. The zero-order valence-electron chi connectivity index (χ0n) is 25.1. The van der Waals surface area contributed by atoms with Gasteiger partial charge in [-0.2, -0.15) is 5.26 Å². The van der Waals surface area contributed by atoms with Gasteiger partial charge in [0, 0.05) is 48.1 Å². The Morgan fingerprint density at radius 3 is 2.88 bits per heavy atom. The van der Waals surface area contributed by atoms with Gasteiger partial charge in [-0.3, -0.25) is 20.3 Å². The van der Waals surface area contributed by atoms with E-state index < -0.39 is 0 Å². The molecule has 3 saturated heterocycles. The monoisotopic (exact) mass is 594 g/mol. The second-order valence-electron chi connectivity index (χ2n) is 12.8. The lowest BCUT2D eigenvalue weighted by Crippen LogP contribution is -2.73. The van der Waals surface area contributed by atoms with Crippen LogP contribution in [0, 0.1) is 17.2 Å². The van der Waals surface area contributed by atoms with Crippen LogP contribution in [0.1, 0.15) is 49.7 Å². The van der Waals surface area contributed by atoms with Crippen LogP contribution in [0.3, 0.4) is 0 Å². The number of amides is 1. The summed E-state index contributed by atoms with van der Waals surface area (Å²) in [5, 5.41) is 17.3. The number of hydrogen-bond donors (Lipinski definition) is 2. The van der Waals surface area contributed by atoms with Crippen molar-refractivity contribution >= 4 is 17.7 Å². The van der Waals surface area contributed by atoms with E-state index in [1.54, 1.807) is 7.11 Å². The average molecular weight is 595 g/mol. The molecule has 1 aromatic rings. The number of ether oxygens (including phenoxy) is 2. The fourth-order valence-electron chi connectivity index (χ4n) is 8.01. The smallest absolute Gasteiger partial charge is 0.246 e. The third-order valence-corrected chi connectivity index (χ3v) is 12.0. The minimum absolute atomic E-state index is 0.0835. The highest BCUT2D eigenvalue weighted by Gasteiger charge is 2.50. The van der Waals surface area contributed by atoms with Gasteiger partial charge in [0.2, 0.25) is 5.91 Å². The summed E-state index contributed by atoms with van der Waals surface area (Å²) in [4.78, 5) is 19.3. The second kappa shape index (κ2) is 12.8. The Labute approximate surface area is 254 Å². The van der Waals surface area contributed by atoms with Crippen LogP contribution < -0.4 is 15.4 Å². The van der Waals surface area contributed by atoms with Gasteiger partial charge in [0.15, 0.2) is 6.35 Å². The number of hydrogen-bond acceptors (Lipinski definition) is 9. The molecule has 0 bridgehead atoms. The van der Waals surface area contributed by atoms with E-state index in [9.17, 15) is 10.1 Å². The Morgan fingerprint density at radius 2 is 2.12 bits per heavy atom. The lowest BCUT2D eigenvalue weighted by molar-refractivity contribution is -0.135. The van der Waals surface area contributed by atoms with Crippen molar-refractivity contribution in [3.8, 4) is 11.8 Å². The number of fused-ring (bicyclic) bond motifs is 2. The Balaban J connectivity index is 1.20. The number of likely N-dealkylation sites (tertiary alicyclic amines) is 1. The number of rotatable bonds is 7. The van der Waals surface area contributed by atoms with Gasteiger partial charge in [0.05, 0.1) is 38.4 Å². The molecule has 7 atom stereocenters. The van der Waals surface area contributed by atoms with Gasteiger partial charge < -0.3 is 19.3 Å². The first-order chi connectivity index (χ1) is 20.4. The Hall–Kier alpha value is -2.13. The summed E-state index contributed by atoms with van der Waals surface area (Å²) in [5.74, 6) is 2.30. The van der Waals surface area contributed by atoms with Crippen LogP contribution in [0.15, 0.2) is 30.9 Å². The largest absolute Gasteiger partial charge is 0.497 e. The summed E-state index contributed by atoms with van der Waals surface area (Å²) < 4.78 is 12.3. The molecule has 4 aliphatic heterocycles. The minimum Gasteiger partial charge on any atom is -0.497 e. The summed E-state index contributed by atoms with van der Waals surface area (Å²) in [6.07, 6.45) is 8.51. The van der Waals surface area contributed by atoms with Crippen molar-refractivity contribution in [2.24, 2.45) is 5.92 Å². The van der Waals surface area contributed by atoms with Crippen LogP contribution in [0.25, 0.3) is 0 Å². The van der Waals surface area contributed by atoms with Crippen molar-refractivity contribution in [3.05, 3.63) is 42.0 Å². The van der Waals surface area contributed by atoms with E-state index >= 15 is 0 Å². The van der Waals surface area contributed by atoms with Crippen molar-refractivity contribution in [2.75, 3.05) is 46.9 Å². The molecule has 4 heterocycles. The van der Waals surface area contributed by atoms with Gasteiger partial charge in [-0.05, 0) is 81.5 Å². The summed E-state index contributed by atoms with van der Waals surface area (Å²) in [6.45, 7) is 7.59. The number of nitrogens with one attached hydrogen (secondary N) is 2. The normalized spacial score (nSPS) is 35.3. The number of piperazine rings is 1. The van der Waals surface area contributed by atoms with Crippen LogP contribution >= 0.6 is 11.8 Å². The van der Waals surface area contributed by atoms with Crippen molar-refractivity contribution in [2.45, 2.75) is 86.1 Å². The topological polar surface area (TPSA) is 93.1 Å². The van der Waals surface area contributed by atoms with Crippen LogP contribution in [0.2, 0.25) is 0 Å². The summed E-state index contributed by atoms with van der Waals surface area (Å²) >= 11 is 2.12. The molecular formula is C32H46N6O3S. The van der Waals surface area contributed by atoms with E-state index in [1.807, 2.05) is 4.90 Å². The maximum absolute atomic E-state index is 12.6. The molecule has 1 amide bonds. The fourth-order valence-corrected chi connectivity index (χ4v) is 9.56. The number of nitrogens with zero attached hydrogens (tertiary/aromatic N) is 4. The minimum atomic E-state index is -0.229. The first-order valence-electron chi connectivity index (χ1n) is 15.6. The number of benzene rings is 1. The maximum Gasteiger partial charge on any atom is 0.246 e. The van der Waals surface area contributed by atoms with Gasteiger partial charge in [0.1, 0.15) is 5.75 Å². The third-order valence-electron chi connectivity index (χ3n) is 10.4. The number of likely N-dealkylation sites (N-methyl/N-ethyl adjacent to an activating group) is 1. The molecule has 2 N–H and O–H groups in total. The van der Waals surface area contributed by atoms with Crippen molar-refractivity contribution in [3.63, 3.8) is 0 Å². The van der Waals surface area contributed by atoms with Crippen LogP contribution in [0.4, 0.5) is 0 Å². The Morgan fingerprint density at radius 1 is 1.24 bits per heavy atom. The highest BCUT2D eigenvalue weighted by Crippen LogP contribution is 2.50. The number of carbonyl (C=O) groups is 1. The number of methoxy groups -OCH3 is 1. The first-order valence-corrected chi connectivity index (χ1v) is 16.6. The predicted molar refractivity (Wildman–Crippen MR) is 165 cm³/mol. The molecule has 6 unspecified atom stereocenters. The van der Waals surface area contributed by atoms with E-state index in [1.165, 1.54) is 36.5 Å². The molecule has 0 aromatic heterocycles. The molecular weight excluding hydrogens is 548 g/mol. The highest BCUT2D eigenvalue weighted by molar-refractivity contribution is 8.00. The van der Waals surface area contributed by atoms with E-state index in [2.05, 4.69) is 70.1 Å². The summed E-state index contributed by atoms with van der Waals surface area (Å²) in [7, 11) is 3.93. The molecule has 5 aliphatic rings. The van der Waals surface area contributed by atoms with E-state index in [0.717, 1.165) is 43.9 Å². The predicted octanol–water partition coefficient (Wildman–Crippen LogP) is 2.92. The van der Waals surface area contributed by atoms with Crippen LogP contribution in [0.5, 0.6) is 5.75 Å². The molecule has 6 rings (SSSR count). The van der Waals surface area contributed by atoms with Crippen molar-refractivity contribution in [1.82, 2.24) is 25.3 Å². The van der Waals surface area contributed by atoms with Gasteiger partial charge in [-0.1, -0.05) is 12.6 Å². The molecule has 10 heteroatoms. The van der Waals surface area contributed by atoms with Crippen molar-refractivity contribution < 1.29 is 14.3 Å². The van der Waals surface area contributed by atoms with Crippen LogP contribution in [-0.4, -0.2) is 103 Å². The SMILES string of the molecule is C=CC(=O)N1CCN(C2NC(OCC3CCCN3C)NC3C[C@]4(CCC32)Cc2ccc(OC)cc2CS4)CC1CC#N. The van der Waals surface area contributed by atoms with Gasteiger partial charge >= 0.3 is 0 Å². The first kappa shape index (κ1) is 29.9. The van der Waals surface area contributed by atoms with Gasteiger partial charge in [-0.15, -0.1) is 11.8 Å². The lowest BCUT2D eigenvalue weighted by Gasteiger charge is -2.56. The highest BCUT2D eigenvalue weighted by atomic mass is 32.2. The molecule has 1 saturated carbocycles.